The van der Waals surface area contributed by atoms with Crippen molar-refractivity contribution in [1.82, 2.24) is 0 Å². The Balaban J connectivity index is 3.06. The first-order valence-electron chi connectivity index (χ1n) is 5.31. The molecule has 0 aliphatic heterocycles. The van der Waals surface area contributed by atoms with Crippen molar-refractivity contribution in [2.45, 2.75) is 0 Å². The van der Waals surface area contributed by atoms with Gasteiger partial charge in [-0.15, -0.1) is 0 Å². The number of benzene rings is 2. The maximum absolute atomic E-state index is 10.2. The second-order valence-electron chi connectivity index (χ2n) is 4.04. The first kappa shape index (κ1) is 11.9. The van der Waals surface area contributed by atoms with E-state index < -0.39 is 0 Å². The molecule has 0 aliphatic rings. The molecule has 2 aromatic rings. The minimum atomic E-state index is -0.0579. The third-order valence-electron chi connectivity index (χ3n) is 2.80. The van der Waals surface area contributed by atoms with Gasteiger partial charge < -0.3 is 21.7 Å². The normalized spacial score (nSPS) is 10.4. The lowest BCUT2D eigenvalue weighted by Gasteiger charge is -2.16. The molecule has 0 aromatic heterocycles. The fourth-order valence-electron chi connectivity index (χ4n) is 2.03. The Kier molecular flexibility index (Phi) is 2.63. The highest BCUT2D eigenvalue weighted by Crippen LogP contribution is 2.42. The minimum absolute atomic E-state index is 0.0579. The molecule has 0 heterocycles. The standard InChI is InChI=1S/C14H14N2O2/c1-7(15)11-12(8(2)16)14(18)10-6-4-3-5-9(10)13(11)17/h3-6,17-18H,1-2,15-16H2. The smallest absolute Gasteiger partial charge is 0.133 e. The molecule has 0 amide bonds. The lowest BCUT2D eigenvalue weighted by atomic mass is 9.95. The Hall–Kier alpha value is -2.62. The van der Waals surface area contributed by atoms with Crippen LogP contribution in [0.2, 0.25) is 0 Å². The summed E-state index contributed by atoms with van der Waals surface area (Å²) < 4.78 is 0. The summed E-state index contributed by atoms with van der Waals surface area (Å²) in [6.45, 7) is 7.17. The largest absolute Gasteiger partial charge is 0.507 e. The van der Waals surface area contributed by atoms with E-state index in [1.54, 1.807) is 24.3 Å². The number of phenolic OH excluding ortho intramolecular Hbond substituents is 2. The molecule has 0 saturated heterocycles. The van der Waals surface area contributed by atoms with E-state index in [4.69, 9.17) is 11.5 Å². The SMILES string of the molecule is C=C(N)c1c(C(=C)N)c(O)c2ccccc2c1O. The summed E-state index contributed by atoms with van der Waals surface area (Å²) >= 11 is 0. The van der Waals surface area contributed by atoms with Crippen LogP contribution in [0.3, 0.4) is 0 Å². The summed E-state index contributed by atoms with van der Waals surface area (Å²) in [5.41, 5.74) is 12.0. The second kappa shape index (κ2) is 4.00. The first-order valence-corrected chi connectivity index (χ1v) is 5.31. The van der Waals surface area contributed by atoms with Gasteiger partial charge in [-0.1, -0.05) is 37.4 Å². The third-order valence-corrected chi connectivity index (χ3v) is 2.80. The van der Waals surface area contributed by atoms with Crippen LogP contribution in [0.15, 0.2) is 37.4 Å². The third kappa shape index (κ3) is 1.55. The zero-order chi connectivity index (χ0) is 13.4. The van der Waals surface area contributed by atoms with Gasteiger partial charge in [0.05, 0.1) is 11.1 Å². The number of phenols is 2. The van der Waals surface area contributed by atoms with E-state index >= 15 is 0 Å². The molecule has 0 fully saturated rings. The maximum atomic E-state index is 10.2. The quantitative estimate of drug-likeness (QED) is 0.607. The molecule has 2 aromatic carbocycles. The van der Waals surface area contributed by atoms with Gasteiger partial charge in [0.2, 0.25) is 0 Å². The molecule has 18 heavy (non-hydrogen) atoms. The number of nitrogens with two attached hydrogens (primary N) is 2. The summed E-state index contributed by atoms with van der Waals surface area (Å²) in [7, 11) is 0. The fourth-order valence-corrected chi connectivity index (χ4v) is 2.03. The molecule has 0 bridgehead atoms. The van der Waals surface area contributed by atoms with Crippen molar-refractivity contribution >= 4 is 22.2 Å². The Morgan fingerprint density at radius 3 is 1.44 bits per heavy atom. The zero-order valence-corrected chi connectivity index (χ0v) is 9.77. The lowest BCUT2D eigenvalue weighted by Crippen LogP contribution is -2.05. The molecule has 4 heteroatoms. The van der Waals surface area contributed by atoms with Crippen LogP contribution >= 0.6 is 0 Å². The van der Waals surface area contributed by atoms with E-state index in [1.807, 2.05) is 0 Å². The van der Waals surface area contributed by atoms with Gasteiger partial charge in [-0.25, -0.2) is 0 Å². The fraction of sp³-hybridized carbons (Fsp3) is 0. The van der Waals surface area contributed by atoms with Gasteiger partial charge >= 0.3 is 0 Å². The van der Waals surface area contributed by atoms with Crippen LogP contribution in [-0.2, 0) is 0 Å². The second-order valence-corrected chi connectivity index (χ2v) is 4.04. The van der Waals surface area contributed by atoms with E-state index in [1.165, 1.54) is 0 Å². The average molecular weight is 242 g/mol. The molecule has 92 valence electrons. The molecular formula is C14H14N2O2. The molecule has 0 spiro atoms. The van der Waals surface area contributed by atoms with Gasteiger partial charge in [0, 0.05) is 22.2 Å². The van der Waals surface area contributed by atoms with Gasteiger partial charge in [0.25, 0.3) is 0 Å². The number of aromatic hydroxyl groups is 2. The highest BCUT2D eigenvalue weighted by Gasteiger charge is 2.20. The van der Waals surface area contributed by atoms with Crippen LogP contribution in [0.1, 0.15) is 11.1 Å². The van der Waals surface area contributed by atoms with Gasteiger partial charge in [-0.2, -0.15) is 0 Å². The number of fused-ring (bicyclic) bond motifs is 1. The van der Waals surface area contributed by atoms with Crippen LogP contribution in [0.5, 0.6) is 11.5 Å². The Bertz CT molecular complexity index is 617. The van der Waals surface area contributed by atoms with Crippen LogP contribution in [0.4, 0.5) is 0 Å². The monoisotopic (exact) mass is 242 g/mol. The zero-order valence-electron chi connectivity index (χ0n) is 9.77. The molecule has 0 radical (unpaired) electrons. The molecule has 0 saturated carbocycles. The van der Waals surface area contributed by atoms with E-state index in [9.17, 15) is 10.2 Å². The maximum Gasteiger partial charge on any atom is 0.133 e. The van der Waals surface area contributed by atoms with Gasteiger partial charge in [0.15, 0.2) is 0 Å². The molecule has 4 nitrogen and oxygen atoms in total. The van der Waals surface area contributed by atoms with Crippen molar-refractivity contribution in [1.29, 1.82) is 0 Å². The van der Waals surface area contributed by atoms with E-state index in [0.717, 1.165) is 0 Å². The van der Waals surface area contributed by atoms with Crippen molar-refractivity contribution in [3.05, 3.63) is 48.6 Å². The van der Waals surface area contributed by atoms with Crippen LogP contribution in [0.25, 0.3) is 22.2 Å². The lowest BCUT2D eigenvalue weighted by molar-refractivity contribution is 0.466. The van der Waals surface area contributed by atoms with Gasteiger partial charge in [-0.3, -0.25) is 0 Å². The summed E-state index contributed by atoms with van der Waals surface area (Å²) in [6, 6.07) is 6.86. The predicted octanol–water partition coefficient (Wildman–Crippen LogP) is 2.11. The van der Waals surface area contributed by atoms with Gasteiger partial charge in [0.1, 0.15) is 11.5 Å². The highest BCUT2D eigenvalue weighted by atomic mass is 16.3. The summed E-state index contributed by atoms with van der Waals surface area (Å²) in [5.74, 6) is -0.116. The van der Waals surface area contributed by atoms with E-state index in [2.05, 4.69) is 13.2 Å². The minimum Gasteiger partial charge on any atom is -0.507 e. The topological polar surface area (TPSA) is 92.5 Å². The molecule has 6 N–H and O–H groups in total. The summed E-state index contributed by atoms with van der Waals surface area (Å²) in [5, 5.41) is 21.4. The van der Waals surface area contributed by atoms with Crippen molar-refractivity contribution in [2.24, 2.45) is 11.5 Å². The molecule has 2 rings (SSSR count). The molecule has 0 unspecified atom stereocenters. The van der Waals surface area contributed by atoms with Crippen molar-refractivity contribution in [3.63, 3.8) is 0 Å². The van der Waals surface area contributed by atoms with Gasteiger partial charge in [-0.05, 0) is 0 Å². The number of hydrogen-bond donors (Lipinski definition) is 4. The van der Waals surface area contributed by atoms with Crippen molar-refractivity contribution < 1.29 is 10.2 Å². The Morgan fingerprint density at radius 1 is 0.833 bits per heavy atom. The van der Waals surface area contributed by atoms with E-state index in [0.29, 0.717) is 10.8 Å². The van der Waals surface area contributed by atoms with Crippen LogP contribution in [0, 0.1) is 0 Å². The number of rotatable bonds is 2. The van der Waals surface area contributed by atoms with Crippen LogP contribution < -0.4 is 11.5 Å². The first-order chi connectivity index (χ1) is 8.45. The summed E-state index contributed by atoms with van der Waals surface area (Å²) in [6.07, 6.45) is 0. The van der Waals surface area contributed by atoms with Crippen molar-refractivity contribution in [2.75, 3.05) is 0 Å². The molecular weight excluding hydrogens is 228 g/mol. The van der Waals surface area contributed by atoms with E-state index in [-0.39, 0.29) is 34.0 Å². The number of hydrogen-bond acceptors (Lipinski definition) is 4. The molecule has 0 atom stereocenters. The van der Waals surface area contributed by atoms with Crippen molar-refractivity contribution in [3.8, 4) is 11.5 Å². The highest BCUT2D eigenvalue weighted by molar-refractivity contribution is 6.02. The summed E-state index contributed by atoms with van der Waals surface area (Å²) in [4.78, 5) is 0. The van der Waals surface area contributed by atoms with Crippen LogP contribution in [-0.4, -0.2) is 10.2 Å². The Morgan fingerprint density at radius 2 is 1.17 bits per heavy atom. The average Bonchev–Trinajstić information content (AvgIpc) is 2.32. The Labute approximate surface area is 104 Å². The molecule has 0 aliphatic carbocycles. The predicted molar refractivity (Wildman–Crippen MR) is 73.7 cm³/mol.